The number of ether oxygens (including phenoxy) is 1. The molecule has 0 radical (unpaired) electrons. The second kappa shape index (κ2) is 5.93. The molecule has 1 atom stereocenters. The SMILES string of the molecule is CCC1COCCN1C(=O)c1cccc(C(F)(F)F)c1N. The fraction of sp³-hybridized carbons (Fsp3) is 0.500. The molecule has 0 aromatic heterocycles. The third kappa shape index (κ3) is 3.12. The molecule has 1 saturated heterocycles. The zero-order valence-electron chi connectivity index (χ0n) is 11.6. The van der Waals surface area contributed by atoms with E-state index in [0.717, 1.165) is 6.07 Å². The number of para-hydroxylation sites is 1. The first-order chi connectivity index (χ1) is 9.86. The molecule has 0 spiro atoms. The van der Waals surface area contributed by atoms with Crippen molar-refractivity contribution in [2.45, 2.75) is 25.6 Å². The molecule has 7 heteroatoms. The second-order valence-electron chi connectivity index (χ2n) is 4.90. The summed E-state index contributed by atoms with van der Waals surface area (Å²) in [6.07, 6.45) is -3.90. The zero-order chi connectivity index (χ0) is 15.6. The molecule has 116 valence electrons. The largest absolute Gasteiger partial charge is 0.418 e. The average molecular weight is 302 g/mol. The van der Waals surface area contributed by atoms with Crippen LogP contribution < -0.4 is 5.73 Å². The van der Waals surface area contributed by atoms with Crippen molar-refractivity contribution in [3.05, 3.63) is 29.3 Å². The predicted octanol–water partition coefficient (Wildman–Crippen LogP) is 2.54. The minimum absolute atomic E-state index is 0.106. The maximum atomic E-state index is 12.9. The molecule has 2 N–H and O–H groups in total. The molecule has 1 amide bonds. The molecule has 1 unspecified atom stereocenters. The number of nitrogens with zero attached hydrogens (tertiary/aromatic N) is 1. The van der Waals surface area contributed by atoms with Gasteiger partial charge in [-0.15, -0.1) is 0 Å². The van der Waals surface area contributed by atoms with Crippen LogP contribution in [0.1, 0.15) is 29.3 Å². The van der Waals surface area contributed by atoms with Gasteiger partial charge in [-0.3, -0.25) is 4.79 Å². The first-order valence-electron chi connectivity index (χ1n) is 6.70. The van der Waals surface area contributed by atoms with E-state index >= 15 is 0 Å². The van der Waals surface area contributed by atoms with Gasteiger partial charge in [0.25, 0.3) is 5.91 Å². The number of anilines is 1. The molecule has 1 aliphatic rings. The summed E-state index contributed by atoms with van der Waals surface area (Å²) in [6.45, 7) is 3.02. The number of morpholine rings is 1. The van der Waals surface area contributed by atoms with Crippen molar-refractivity contribution in [1.82, 2.24) is 4.90 Å². The number of amides is 1. The molecule has 0 aliphatic carbocycles. The lowest BCUT2D eigenvalue weighted by molar-refractivity contribution is -0.136. The Balaban J connectivity index is 2.35. The number of hydrogen-bond acceptors (Lipinski definition) is 3. The first-order valence-corrected chi connectivity index (χ1v) is 6.70. The van der Waals surface area contributed by atoms with Crippen LogP contribution in [-0.4, -0.2) is 36.6 Å². The molecular formula is C14H17F3N2O2. The summed E-state index contributed by atoms with van der Waals surface area (Å²) in [5.74, 6) is -0.478. The first kappa shape index (κ1) is 15.6. The van der Waals surface area contributed by atoms with Crippen molar-refractivity contribution >= 4 is 11.6 Å². The molecule has 2 rings (SSSR count). The highest BCUT2D eigenvalue weighted by atomic mass is 19.4. The summed E-state index contributed by atoms with van der Waals surface area (Å²) in [5.41, 5.74) is 3.96. The van der Waals surface area contributed by atoms with Gasteiger partial charge in [-0.05, 0) is 18.6 Å². The fourth-order valence-corrected chi connectivity index (χ4v) is 2.41. The van der Waals surface area contributed by atoms with Crippen molar-refractivity contribution in [1.29, 1.82) is 0 Å². The highest BCUT2D eigenvalue weighted by Crippen LogP contribution is 2.35. The molecule has 1 aliphatic heterocycles. The van der Waals surface area contributed by atoms with E-state index in [4.69, 9.17) is 10.5 Å². The van der Waals surface area contributed by atoms with E-state index in [2.05, 4.69) is 0 Å². The molecule has 1 fully saturated rings. The van der Waals surface area contributed by atoms with E-state index < -0.39 is 23.3 Å². The van der Waals surface area contributed by atoms with Gasteiger partial charge in [-0.1, -0.05) is 13.0 Å². The Morgan fingerprint density at radius 2 is 2.19 bits per heavy atom. The zero-order valence-corrected chi connectivity index (χ0v) is 11.6. The maximum Gasteiger partial charge on any atom is 0.418 e. The summed E-state index contributed by atoms with van der Waals surface area (Å²) < 4.78 is 43.8. The lowest BCUT2D eigenvalue weighted by Crippen LogP contribution is -2.48. The lowest BCUT2D eigenvalue weighted by atomic mass is 10.0. The Morgan fingerprint density at radius 3 is 2.81 bits per heavy atom. The number of carbonyl (C=O) groups excluding carboxylic acids is 1. The molecule has 1 heterocycles. The lowest BCUT2D eigenvalue weighted by Gasteiger charge is -2.35. The summed E-state index contributed by atoms with van der Waals surface area (Å²) in [5, 5.41) is 0. The van der Waals surface area contributed by atoms with Crippen LogP contribution in [-0.2, 0) is 10.9 Å². The van der Waals surface area contributed by atoms with Gasteiger partial charge < -0.3 is 15.4 Å². The van der Waals surface area contributed by atoms with Crippen molar-refractivity contribution in [3.8, 4) is 0 Å². The van der Waals surface area contributed by atoms with Gasteiger partial charge in [-0.25, -0.2) is 0 Å². The Morgan fingerprint density at radius 1 is 1.48 bits per heavy atom. The summed E-state index contributed by atoms with van der Waals surface area (Å²) >= 11 is 0. The van der Waals surface area contributed by atoms with Crippen LogP contribution in [0.3, 0.4) is 0 Å². The van der Waals surface area contributed by atoms with Crippen molar-refractivity contribution < 1.29 is 22.7 Å². The van der Waals surface area contributed by atoms with Crippen LogP contribution in [0.4, 0.5) is 18.9 Å². The number of benzene rings is 1. The van der Waals surface area contributed by atoms with E-state index in [1.807, 2.05) is 6.92 Å². The maximum absolute atomic E-state index is 12.9. The molecule has 0 saturated carbocycles. The quantitative estimate of drug-likeness (QED) is 0.854. The number of alkyl halides is 3. The molecule has 21 heavy (non-hydrogen) atoms. The predicted molar refractivity (Wildman–Crippen MR) is 71.8 cm³/mol. The van der Waals surface area contributed by atoms with Gasteiger partial charge in [0.1, 0.15) is 0 Å². The third-order valence-electron chi connectivity index (χ3n) is 3.60. The summed E-state index contributed by atoms with van der Waals surface area (Å²) in [4.78, 5) is 14.0. The van der Waals surface area contributed by atoms with Crippen LogP contribution >= 0.6 is 0 Å². The van der Waals surface area contributed by atoms with Crippen LogP contribution in [0.5, 0.6) is 0 Å². The number of halogens is 3. The number of hydrogen-bond donors (Lipinski definition) is 1. The van der Waals surface area contributed by atoms with Gasteiger partial charge in [0.2, 0.25) is 0 Å². The average Bonchev–Trinajstić information content (AvgIpc) is 2.45. The second-order valence-corrected chi connectivity index (χ2v) is 4.90. The van der Waals surface area contributed by atoms with E-state index in [0.29, 0.717) is 26.2 Å². The minimum atomic E-state index is -4.57. The van der Waals surface area contributed by atoms with Gasteiger partial charge in [0.05, 0.1) is 36.1 Å². The van der Waals surface area contributed by atoms with Gasteiger partial charge >= 0.3 is 6.18 Å². The van der Waals surface area contributed by atoms with Crippen LogP contribution in [0.25, 0.3) is 0 Å². The monoisotopic (exact) mass is 302 g/mol. The molecular weight excluding hydrogens is 285 g/mol. The molecule has 1 aromatic rings. The van der Waals surface area contributed by atoms with Crippen LogP contribution in [0.15, 0.2) is 18.2 Å². The van der Waals surface area contributed by atoms with E-state index in [-0.39, 0.29) is 11.6 Å². The number of carbonyl (C=O) groups is 1. The number of nitrogens with two attached hydrogens (primary N) is 1. The summed E-state index contributed by atoms with van der Waals surface area (Å²) in [7, 11) is 0. The van der Waals surface area contributed by atoms with Crippen LogP contribution in [0, 0.1) is 0 Å². The topological polar surface area (TPSA) is 55.6 Å². The number of rotatable bonds is 2. The molecule has 4 nitrogen and oxygen atoms in total. The smallest absolute Gasteiger partial charge is 0.398 e. The number of nitrogen functional groups attached to an aromatic ring is 1. The summed E-state index contributed by atoms with van der Waals surface area (Å²) in [6, 6.07) is 3.27. The van der Waals surface area contributed by atoms with E-state index in [1.54, 1.807) is 0 Å². The minimum Gasteiger partial charge on any atom is -0.398 e. The van der Waals surface area contributed by atoms with E-state index in [9.17, 15) is 18.0 Å². The van der Waals surface area contributed by atoms with Crippen LogP contribution in [0.2, 0.25) is 0 Å². The van der Waals surface area contributed by atoms with Gasteiger partial charge in [0, 0.05) is 6.54 Å². The standard InChI is InChI=1S/C14H17F3N2O2/c1-2-9-8-21-7-6-19(9)13(20)10-4-3-5-11(12(10)18)14(15,16)17/h3-5,9H,2,6-8,18H2,1H3. The Labute approximate surface area is 120 Å². The third-order valence-corrected chi connectivity index (χ3v) is 3.60. The Bertz CT molecular complexity index is 531. The molecule has 0 bridgehead atoms. The fourth-order valence-electron chi connectivity index (χ4n) is 2.41. The van der Waals surface area contributed by atoms with Gasteiger partial charge in [-0.2, -0.15) is 13.2 Å². The normalized spacial score (nSPS) is 19.6. The molecule has 1 aromatic carbocycles. The van der Waals surface area contributed by atoms with Crippen molar-refractivity contribution in [2.24, 2.45) is 0 Å². The van der Waals surface area contributed by atoms with Crippen molar-refractivity contribution in [3.63, 3.8) is 0 Å². The highest BCUT2D eigenvalue weighted by Gasteiger charge is 2.35. The highest BCUT2D eigenvalue weighted by molar-refractivity contribution is 6.00. The Hall–Kier alpha value is -1.76. The van der Waals surface area contributed by atoms with E-state index in [1.165, 1.54) is 17.0 Å². The van der Waals surface area contributed by atoms with Crippen molar-refractivity contribution in [2.75, 3.05) is 25.5 Å². The van der Waals surface area contributed by atoms with Gasteiger partial charge in [0.15, 0.2) is 0 Å². The Kier molecular flexibility index (Phi) is 4.41.